The fourth-order valence-electron chi connectivity index (χ4n) is 3.91. The number of hydrogen-bond acceptors (Lipinski definition) is 6. The van der Waals surface area contributed by atoms with Crippen molar-refractivity contribution >= 4 is 45.2 Å². The summed E-state index contributed by atoms with van der Waals surface area (Å²) in [6, 6.07) is 26.3. The molecule has 7 heteroatoms. The maximum absolute atomic E-state index is 12.9. The highest BCUT2D eigenvalue weighted by Gasteiger charge is 2.11. The minimum Gasteiger partial charge on any atom is -0.355 e. The van der Waals surface area contributed by atoms with E-state index in [1.807, 2.05) is 73.7 Å². The zero-order valence-corrected chi connectivity index (χ0v) is 19.5. The Balaban J connectivity index is 1.29. The zero-order valence-electron chi connectivity index (χ0n) is 19.5. The number of benzene rings is 3. The standard InChI is InChI=1S/C29H22N6O/c1-19-16-24(34-28-12-15-32-27-9-2-20(18-30)17-26(27)28)7-8-25(19)29(36)35-22-5-3-21(4-6-22)33-23-10-13-31-14-11-23/h2-17H,1H3,(H,31,33)(H,32,34)(H,35,36). The molecule has 7 nitrogen and oxygen atoms in total. The van der Waals surface area contributed by atoms with Crippen LogP contribution in [-0.2, 0) is 0 Å². The Morgan fingerprint density at radius 3 is 2.25 bits per heavy atom. The van der Waals surface area contributed by atoms with Crippen LogP contribution in [0.4, 0.5) is 28.4 Å². The van der Waals surface area contributed by atoms with Gasteiger partial charge in [-0.1, -0.05) is 0 Å². The van der Waals surface area contributed by atoms with Crippen LogP contribution in [0.25, 0.3) is 10.9 Å². The first-order valence-corrected chi connectivity index (χ1v) is 11.3. The second-order valence-electron chi connectivity index (χ2n) is 8.25. The Morgan fingerprint density at radius 2 is 1.50 bits per heavy atom. The summed E-state index contributed by atoms with van der Waals surface area (Å²) in [5.74, 6) is -0.179. The molecule has 36 heavy (non-hydrogen) atoms. The van der Waals surface area contributed by atoms with E-state index in [9.17, 15) is 10.1 Å². The fourth-order valence-corrected chi connectivity index (χ4v) is 3.91. The molecule has 0 unspecified atom stereocenters. The Kier molecular flexibility index (Phi) is 6.24. The number of nitriles is 1. The molecule has 1 amide bonds. The number of carbonyl (C=O) groups is 1. The largest absolute Gasteiger partial charge is 0.355 e. The topological polar surface area (TPSA) is 103 Å². The van der Waals surface area contributed by atoms with Crippen molar-refractivity contribution in [2.24, 2.45) is 0 Å². The van der Waals surface area contributed by atoms with Crippen molar-refractivity contribution in [3.63, 3.8) is 0 Å². The number of hydrogen-bond donors (Lipinski definition) is 3. The number of anilines is 5. The van der Waals surface area contributed by atoms with Gasteiger partial charge >= 0.3 is 0 Å². The van der Waals surface area contributed by atoms with E-state index in [-0.39, 0.29) is 5.91 Å². The summed E-state index contributed by atoms with van der Waals surface area (Å²) in [7, 11) is 0. The molecule has 0 atom stereocenters. The number of pyridine rings is 2. The van der Waals surface area contributed by atoms with Crippen LogP contribution in [-0.4, -0.2) is 15.9 Å². The quantitative estimate of drug-likeness (QED) is 0.260. The molecule has 0 radical (unpaired) electrons. The molecule has 2 aromatic heterocycles. The number of rotatable bonds is 6. The summed E-state index contributed by atoms with van der Waals surface area (Å²) in [6.45, 7) is 1.90. The maximum atomic E-state index is 12.9. The van der Waals surface area contributed by atoms with E-state index in [4.69, 9.17) is 0 Å². The van der Waals surface area contributed by atoms with Gasteiger partial charge < -0.3 is 16.0 Å². The molecule has 174 valence electrons. The second-order valence-corrected chi connectivity index (χ2v) is 8.25. The number of amides is 1. The highest BCUT2D eigenvalue weighted by atomic mass is 16.1. The van der Waals surface area contributed by atoms with Gasteiger partial charge in [0.2, 0.25) is 0 Å². The third-order valence-corrected chi connectivity index (χ3v) is 5.73. The minimum atomic E-state index is -0.179. The first-order chi connectivity index (χ1) is 17.6. The third-order valence-electron chi connectivity index (χ3n) is 5.73. The lowest BCUT2D eigenvalue weighted by Gasteiger charge is -2.13. The van der Waals surface area contributed by atoms with Crippen molar-refractivity contribution in [1.29, 1.82) is 5.26 Å². The summed E-state index contributed by atoms with van der Waals surface area (Å²) in [6.07, 6.45) is 5.18. The monoisotopic (exact) mass is 470 g/mol. The van der Waals surface area contributed by atoms with E-state index in [0.29, 0.717) is 16.8 Å². The van der Waals surface area contributed by atoms with E-state index >= 15 is 0 Å². The van der Waals surface area contributed by atoms with Gasteiger partial charge in [-0.2, -0.15) is 5.26 Å². The van der Waals surface area contributed by atoms with Gasteiger partial charge in [-0.05, 0) is 91.3 Å². The maximum Gasteiger partial charge on any atom is 0.255 e. The number of nitrogens with one attached hydrogen (secondary N) is 3. The van der Waals surface area contributed by atoms with E-state index in [1.165, 1.54) is 0 Å². The molecule has 0 saturated carbocycles. The Labute approximate surface area is 208 Å². The lowest BCUT2D eigenvalue weighted by atomic mass is 10.1. The average Bonchev–Trinajstić information content (AvgIpc) is 2.90. The van der Waals surface area contributed by atoms with Crippen LogP contribution in [0.15, 0.2) is 97.5 Å². The van der Waals surface area contributed by atoms with Crippen molar-refractivity contribution < 1.29 is 4.79 Å². The predicted molar refractivity (Wildman–Crippen MR) is 143 cm³/mol. The van der Waals surface area contributed by atoms with Crippen LogP contribution < -0.4 is 16.0 Å². The average molecular weight is 471 g/mol. The Bertz CT molecular complexity index is 1590. The molecule has 0 fully saturated rings. The summed E-state index contributed by atoms with van der Waals surface area (Å²) >= 11 is 0. The highest BCUT2D eigenvalue weighted by molar-refractivity contribution is 6.05. The van der Waals surface area contributed by atoms with Crippen molar-refractivity contribution in [3.05, 3.63) is 114 Å². The van der Waals surface area contributed by atoms with Crippen molar-refractivity contribution in [3.8, 4) is 6.07 Å². The lowest BCUT2D eigenvalue weighted by molar-refractivity contribution is 0.102. The summed E-state index contributed by atoms with van der Waals surface area (Å²) in [4.78, 5) is 21.3. The molecule has 0 saturated heterocycles. The highest BCUT2D eigenvalue weighted by Crippen LogP contribution is 2.27. The van der Waals surface area contributed by atoms with E-state index in [0.717, 1.165) is 39.2 Å². The van der Waals surface area contributed by atoms with Gasteiger partial charge in [-0.3, -0.25) is 14.8 Å². The summed E-state index contributed by atoms with van der Waals surface area (Å²) in [5.41, 5.74) is 7.04. The molecule has 3 N–H and O–H groups in total. The molecule has 0 aliphatic heterocycles. The predicted octanol–water partition coefficient (Wildman–Crippen LogP) is 6.55. The van der Waals surface area contributed by atoms with Gasteiger partial charge in [-0.25, -0.2) is 0 Å². The van der Waals surface area contributed by atoms with Crippen LogP contribution in [0.3, 0.4) is 0 Å². The van der Waals surface area contributed by atoms with Crippen molar-refractivity contribution in [1.82, 2.24) is 9.97 Å². The van der Waals surface area contributed by atoms with Crippen molar-refractivity contribution in [2.45, 2.75) is 6.92 Å². The molecule has 0 spiro atoms. The first kappa shape index (κ1) is 22.6. The number of aromatic nitrogens is 2. The molecule has 2 heterocycles. The molecule has 0 bridgehead atoms. The van der Waals surface area contributed by atoms with Gasteiger partial charge in [0.05, 0.1) is 17.1 Å². The zero-order chi connectivity index (χ0) is 24.9. The number of nitrogens with zero attached hydrogens (tertiary/aromatic N) is 3. The Hall–Kier alpha value is -5.22. The van der Waals surface area contributed by atoms with Gasteiger partial charge in [0.15, 0.2) is 0 Å². The van der Waals surface area contributed by atoms with Gasteiger partial charge in [-0.15, -0.1) is 0 Å². The first-order valence-electron chi connectivity index (χ1n) is 11.3. The molecular formula is C29H22N6O. The summed E-state index contributed by atoms with van der Waals surface area (Å²) in [5, 5.41) is 19.7. The van der Waals surface area contributed by atoms with Crippen LogP contribution in [0.2, 0.25) is 0 Å². The van der Waals surface area contributed by atoms with Crippen LogP contribution >= 0.6 is 0 Å². The number of fused-ring (bicyclic) bond motifs is 1. The second kappa shape index (κ2) is 9.95. The van der Waals surface area contributed by atoms with Gasteiger partial charge in [0.1, 0.15) is 0 Å². The summed E-state index contributed by atoms with van der Waals surface area (Å²) < 4.78 is 0. The van der Waals surface area contributed by atoms with Crippen LogP contribution in [0, 0.1) is 18.3 Å². The van der Waals surface area contributed by atoms with Gasteiger partial charge in [0.25, 0.3) is 5.91 Å². The molecule has 0 aliphatic carbocycles. The lowest BCUT2D eigenvalue weighted by Crippen LogP contribution is -2.13. The molecular weight excluding hydrogens is 448 g/mol. The fraction of sp³-hybridized carbons (Fsp3) is 0.0345. The smallest absolute Gasteiger partial charge is 0.255 e. The Morgan fingerprint density at radius 1 is 0.778 bits per heavy atom. The van der Waals surface area contributed by atoms with Crippen LogP contribution in [0.5, 0.6) is 0 Å². The number of aryl methyl sites for hydroxylation is 1. The molecule has 5 aromatic rings. The normalized spacial score (nSPS) is 10.4. The van der Waals surface area contributed by atoms with E-state index in [2.05, 4.69) is 32.0 Å². The molecule has 3 aromatic carbocycles. The SMILES string of the molecule is Cc1cc(Nc2ccnc3ccc(C#N)cc23)ccc1C(=O)Nc1ccc(Nc2ccncc2)cc1. The molecule has 5 rings (SSSR count). The van der Waals surface area contributed by atoms with Gasteiger partial charge in [0, 0.05) is 58.0 Å². The number of carbonyl (C=O) groups excluding carboxylic acids is 1. The van der Waals surface area contributed by atoms with E-state index < -0.39 is 0 Å². The van der Waals surface area contributed by atoms with Crippen molar-refractivity contribution in [2.75, 3.05) is 16.0 Å². The third kappa shape index (κ3) is 4.98. The van der Waals surface area contributed by atoms with E-state index in [1.54, 1.807) is 30.7 Å². The molecule has 0 aliphatic rings. The van der Waals surface area contributed by atoms with Crippen LogP contribution in [0.1, 0.15) is 21.5 Å². The minimum absolute atomic E-state index is 0.179.